The largest absolute Gasteiger partial charge is 0.497 e. The van der Waals surface area contributed by atoms with Crippen LogP contribution in [0.15, 0.2) is 48.5 Å². The lowest BCUT2D eigenvalue weighted by Gasteiger charge is -2.17. The summed E-state index contributed by atoms with van der Waals surface area (Å²) < 4.78 is 5.11. The molecule has 1 aliphatic heterocycles. The summed E-state index contributed by atoms with van der Waals surface area (Å²) in [5.74, 6) is 0.896. The van der Waals surface area contributed by atoms with E-state index in [1.54, 1.807) is 24.1 Å². The number of anilines is 1. The molecule has 0 radical (unpaired) electrons. The van der Waals surface area contributed by atoms with E-state index in [1.807, 2.05) is 36.4 Å². The molecule has 0 aromatic heterocycles. The molecule has 3 rings (SSSR count). The average molecular weight is 373 g/mol. The highest BCUT2D eigenvalue weighted by atomic mass is 35.5. The van der Waals surface area contributed by atoms with E-state index < -0.39 is 0 Å². The molecule has 2 aromatic rings. The summed E-state index contributed by atoms with van der Waals surface area (Å²) in [5, 5.41) is 3.57. The number of carbonyl (C=O) groups excluding carboxylic acids is 2. The van der Waals surface area contributed by atoms with Crippen molar-refractivity contribution < 1.29 is 14.3 Å². The fourth-order valence-corrected chi connectivity index (χ4v) is 3.16. The third-order valence-corrected chi connectivity index (χ3v) is 4.71. The minimum Gasteiger partial charge on any atom is -0.497 e. The van der Waals surface area contributed by atoms with Crippen LogP contribution in [0.4, 0.5) is 5.69 Å². The summed E-state index contributed by atoms with van der Waals surface area (Å²) in [6.45, 7) is 1.09. The Morgan fingerprint density at radius 3 is 2.54 bits per heavy atom. The Kier molecular flexibility index (Phi) is 5.78. The second-order valence-electron chi connectivity index (χ2n) is 6.38. The van der Waals surface area contributed by atoms with Crippen LogP contribution in [-0.4, -0.2) is 32.0 Å². The Balaban J connectivity index is 1.49. The van der Waals surface area contributed by atoms with Gasteiger partial charge in [-0.25, -0.2) is 0 Å². The molecule has 0 saturated carbocycles. The average Bonchev–Trinajstić information content (AvgIpc) is 3.02. The van der Waals surface area contributed by atoms with Crippen LogP contribution >= 0.6 is 11.6 Å². The topological polar surface area (TPSA) is 58.6 Å². The quantitative estimate of drug-likeness (QED) is 0.847. The SMILES string of the molecule is COc1ccc(CC(=O)NCC2CC(=O)N(c3ccc(Cl)cc3)C2)cc1. The van der Waals surface area contributed by atoms with Gasteiger partial charge < -0.3 is 15.0 Å². The normalized spacial score (nSPS) is 16.6. The second-order valence-corrected chi connectivity index (χ2v) is 6.82. The summed E-state index contributed by atoms with van der Waals surface area (Å²) in [5.41, 5.74) is 1.76. The van der Waals surface area contributed by atoms with Crippen molar-refractivity contribution in [2.75, 3.05) is 25.1 Å². The third kappa shape index (κ3) is 4.55. The smallest absolute Gasteiger partial charge is 0.227 e. The zero-order valence-electron chi connectivity index (χ0n) is 14.6. The molecule has 1 saturated heterocycles. The molecule has 1 unspecified atom stereocenters. The van der Waals surface area contributed by atoms with E-state index in [1.165, 1.54) is 0 Å². The minimum atomic E-state index is -0.0486. The van der Waals surface area contributed by atoms with Gasteiger partial charge in [0, 0.05) is 36.1 Å². The van der Waals surface area contributed by atoms with Gasteiger partial charge in [-0.15, -0.1) is 0 Å². The van der Waals surface area contributed by atoms with Gasteiger partial charge in [0.05, 0.1) is 13.5 Å². The summed E-state index contributed by atoms with van der Waals surface area (Å²) in [6.07, 6.45) is 0.747. The summed E-state index contributed by atoms with van der Waals surface area (Å²) in [6, 6.07) is 14.6. The first-order chi connectivity index (χ1) is 12.5. The van der Waals surface area contributed by atoms with Crippen molar-refractivity contribution in [2.24, 2.45) is 5.92 Å². The highest BCUT2D eigenvalue weighted by Crippen LogP contribution is 2.26. The highest BCUT2D eigenvalue weighted by molar-refractivity contribution is 6.30. The number of amides is 2. The maximum Gasteiger partial charge on any atom is 0.227 e. The molecular weight excluding hydrogens is 352 g/mol. The number of ether oxygens (including phenoxy) is 1. The molecule has 6 heteroatoms. The molecule has 1 N–H and O–H groups in total. The first kappa shape index (κ1) is 18.3. The second kappa shape index (κ2) is 8.23. The van der Waals surface area contributed by atoms with Crippen LogP contribution in [0.25, 0.3) is 0 Å². The minimum absolute atomic E-state index is 0.0486. The van der Waals surface area contributed by atoms with Crippen LogP contribution in [0, 0.1) is 5.92 Å². The van der Waals surface area contributed by atoms with Crippen LogP contribution < -0.4 is 15.0 Å². The summed E-state index contributed by atoms with van der Waals surface area (Å²) in [7, 11) is 1.61. The van der Waals surface area contributed by atoms with Crippen LogP contribution in [0.2, 0.25) is 5.02 Å². The van der Waals surface area contributed by atoms with Gasteiger partial charge in [-0.2, -0.15) is 0 Å². The van der Waals surface area contributed by atoms with Crippen LogP contribution in [0.5, 0.6) is 5.75 Å². The van der Waals surface area contributed by atoms with E-state index in [2.05, 4.69) is 5.32 Å². The molecule has 1 heterocycles. The van der Waals surface area contributed by atoms with Gasteiger partial charge in [0.15, 0.2) is 0 Å². The number of benzene rings is 2. The maximum absolute atomic E-state index is 12.2. The van der Waals surface area contributed by atoms with Crippen molar-refractivity contribution in [3.05, 3.63) is 59.1 Å². The van der Waals surface area contributed by atoms with E-state index >= 15 is 0 Å². The van der Waals surface area contributed by atoms with Gasteiger partial charge in [0.1, 0.15) is 5.75 Å². The molecule has 26 heavy (non-hydrogen) atoms. The van der Waals surface area contributed by atoms with Gasteiger partial charge in [0.2, 0.25) is 11.8 Å². The van der Waals surface area contributed by atoms with Crippen molar-refractivity contribution >= 4 is 29.1 Å². The number of nitrogens with zero attached hydrogens (tertiary/aromatic N) is 1. The van der Waals surface area contributed by atoms with E-state index in [-0.39, 0.29) is 17.7 Å². The highest BCUT2D eigenvalue weighted by Gasteiger charge is 2.30. The van der Waals surface area contributed by atoms with Crippen molar-refractivity contribution in [3.63, 3.8) is 0 Å². The molecular formula is C20H21ClN2O3. The molecule has 2 aromatic carbocycles. The van der Waals surface area contributed by atoms with E-state index in [4.69, 9.17) is 16.3 Å². The van der Waals surface area contributed by atoms with Gasteiger partial charge in [-0.05, 0) is 42.0 Å². The number of rotatable bonds is 6. The first-order valence-electron chi connectivity index (χ1n) is 8.50. The van der Waals surface area contributed by atoms with Crippen molar-refractivity contribution in [2.45, 2.75) is 12.8 Å². The van der Waals surface area contributed by atoms with E-state index in [0.29, 0.717) is 31.0 Å². The molecule has 2 amide bonds. The Morgan fingerprint density at radius 1 is 1.19 bits per heavy atom. The van der Waals surface area contributed by atoms with Gasteiger partial charge >= 0.3 is 0 Å². The standard InChI is InChI=1S/C20H21ClN2O3/c1-26-18-8-2-14(3-9-18)10-19(24)22-12-15-11-20(25)23(13-15)17-6-4-16(21)5-7-17/h2-9,15H,10-13H2,1H3,(H,22,24). The fourth-order valence-electron chi connectivity index (χ4n) is 3.04. The fraction of sp³-hybridized carbons (Fsp3) is 0.300. The van der Waals surface area contributed by atoms with Gasteiger partial charge in [0.25, 0.3) is 0 Å². The summed E-state index contributed by atoms with van der Waals surface area (Å²) >= 11 is 5.89. The Labute approximate surface area is 157 Å². The number of halogens is 1. The number of hydrogen-bond donors (Lipinski definition) is 1. The van der Waals surface area contributed by atoms with Crippen molar-refractivity contribution in [1.29, 1.82) is 0 Å². The number of methoxy groups -OCH3 is 1. The van der Waals surface area contributed by atoms with Crippen LogP contribution in [0.1, 0.15) is 12.0 Å². The Hall–Kier alpha value is -2.53. The Morgan fingerprint density at radius 2 is 1.88 bits per heavy atom. The zero-order chi connectivity index (χ0) is 18.5. The third-order valence-electron chi connectivity index (χ3n) is 4.46. The molecule has 5 nitrogen and oxygen atoms in total. The molecule has 1 aliphatic rings. The van der Waals surface area contributed by atoms with Crippen molar-refractivity contribution in [1.82, 2.24) is 5.32 Å². The van der Waals surface area contributed by atoms with Crippen LogP contribution in [-0.2, 0) is 16.0 Å². The van der Waals surface area contributed by atoms with Gasteiger partial charge in [-0.3, -0.25) is 9.59 Å². The molecule has 1 atom stereocenters. The predicted molar refractivity (Wildman–Crippen MR) is 102 cm³/mol. The molecule has 0 spiro atoms. The molecule has 136 valence electrons. The monoisotopic (exact) mass is 372 g/mol. The van der Waals surface area contributed by atoms with Crippen LogP contribution in [0.3, 0.4) is 0 Å². The summed E-state index contributed by atoms with van der Waals surface area (Å²) in [4.78, 5) is 26.1. The Bertz CT molecular complexity index is 775. The maximum atomic E-state index is 12.2. The lowest BCUT2D eigenvalue weighted by atomic mass is 10.1. The number of hydrogen-bond acceptors (Lipinski definition) is 3. The molecule has 0 bridgehead atoms. The predicted octanol–water partition coefficient (Wildman–Crippen LogP) is 3.06. The number of carbonyl (C=O) groups is 2. The van der Waals surface area contributed by atoms with E-state index in [9.17, 15) is 9.59 Å². The molecule has 1 fully saturated rings. The van der Waals surface area contributed by atoms with Gasteiger partial charge in [-0.1, -0.05) is 23.7 Å². The van der Waals surface area contributed by atoms with E-state index in [0.717, 1.165) is 17.0 Å². The molecule has 0 aliphatic carbocycles. The lowest BCUT2D eigenvalue weighted by Crippen LogP contribution is -2.32. The lowest BCUT2D eigenvalue weighted by molar-refractivity contribution is -0.121. The van der Waals surface area contributed by atoms with Crippen molar-refractivity contribution in [3.8, 4) is 5.75 Å². The zero-order valence-corrected chi connectivity index (χ0v) is 15.3. The number of nitrogens with one attached hydrogen (secondary N) is 1. The first-order valence-corrected chi connectivity index (χ1v) is 8.88.